The van der Waals surface area contributed by atoms with Crippen LogP contribution in [-0.2, 0) is 0 Å². The van der Waals surface area contributed by atoms with E-state index in [1.165, 1.54) is 0 Å². The Hall–Kier alpha value is -2.33. The van der Waals surface area contributed by atoms with Crippen LogP contribution in [0.5, 0.6) is 0 Å². The van der Waals surface area contributed by atoms with Gasteiger partial charge in [0, 0.05) is 6.20 Å². The predicted molar refractivity (Wildman–Crippen MR) is 73.0 cm³/mol. The van der Waals surface area contributed by atoms with E-state index in [9.17, 15) is 0 Å². The predicted octanol–water partition coefficient (Wildman–Crippen LogP) is 2.82. The van der Waals surface area contributed by atoms with Gasteiger partial charge in [0.15, 0.2) is 0 Å². The van der Waals surface area contributed by atoms with Crippen LogP contribution in [0.4, 0.5) is 0 Å². The molecule has 0 radical (unpaired) electrons. The molecule has 0 saturated heterocycles. The number of nitrogens with two attached hydrogens (primary N) is 1. The molecule has 1 aromatic carbocycles. The molecule has 0 bridgehead atoms. The minimum absolute atomic E-state index is 0.322. The van der Waals surface area contributed by atoms with Crippen LogP contribution in [0.15, 0.2) is 59.3 Å². The third-order valence-electron chi connectivity index (χ3n) is 3.18. The SMILES string of the molecule is Cc1ccoc1C(N)c1ccnn1-c1ccccc1. The molecule has 0 amide bonds. The van der Waals surface area contributed by atoms with Crippen LogP contribution < -0.4 is 5.73 Å². The van der Waals surface area contributed by atoms with Crippen molar-refractivity contribution in [3.05, 3.63) is 71.9 Å². The van der Waals surface area contributed by atoms with Crippen molar-refractivity contribution in [1.82, 2.24) is 9.78 Å². The summed E-state index contributed by atoms with van der Waals surface area (Å²) in [6.45, 7) is 1.99. The summed E-state index contributed by atoms with van der Waals surface area (Å²) in [5, 5.41) is 4.34. The van der Waals surface area contributed by atoms with E-state index in [2.05, 4.69) is 5.10 Å². The molecule has 0 aliphatic rings. The summed E-state index contributed by atoms with van der Waals surface area (Å²) in [5.74, 6) is 0.776. The summed E-state index contributed by atoms with van der Waals surface area (Å²) in [5.41, 5.74) is 9.23. The smallest absolute Gasteiger partial charge is 0.129 e. The van der Waals surface area contributed by atoms with E-state index in [-0.39, 0.29) is 6.04 Å². The molecule has 2 heterocycles. The summed E-state index contributed by atoms with van der Waals surface area (Å²) >= 11 is 0. The molecule has 1 atom stereocenters. The number of benzene rings is 1. The molecule has 0 aliphatic heterocycles. The molecule has 19 heavy (non-hydrogen) atoms. The van der Waals surface area contributed by atoms with Gasteiger partial charge in [-0.2, -0.15) is 5.10 Å². The van der Waals surface area contributed by atoms with Crippen molar-refractivity contribution in [1.29, 1.82) is 0 Å². The molecule has 0 fully saturated rings. The first-order valence-corrected chi connectivity index (χ1v) is 6.16. The lowest BCUT2D eigenvalue weighted by atomic mass is 10.1. The van der Waals surface area contributed by atoms with Crippen molar-refractivity contribution in [2.45, 2.75) is 13.0 Å². The van der Waals surface area contributed by atoms with E-state index >= 15 is 0 Å². The molecule has 2 aromatic heterocycles. The summed E-state index contributed by atoms with van der Waals surface area (Å²) < 4.78 is 7.31. The topological polar surface area (TPSA) is 57.0 Å². The second kappa shape index (κ2) is 4.74. The highest BCUT2D eigenvalue weighted by atomic mass is 16.3. The Bertz CT molecular complexity index is 670. The van der Waals surface area contributed by atoms with Gasteiger partial charge in [-0.25, -0.2) is 4.68 Å². The molecule has 2 N–H and O–H groups in total. The van der Waals surface area contributed by atoms with Gasteiger partial charge in [-0.3, -0.25) is 0 Å². The first-order valence-electron chi connectivity index (χ1n) is 6.16. The van der Waals surface area contributed by atoms with Crippen molar-refractivity contribution < 1.29 is 4.42 Å². The Labute approximate surface area is 111 Å². The van der Waals surface area contributed by atoms with Gasteiger partial charge in [0.1, 0.15) is 11.8 Å². The van der Waals surface area contributed by atoms with E-state index in [1.807, 2.05) is 54.1 Å². The average Bonchev–Trinajstić information content (AvgIpc) is 3.07. The summed E-state index contributed by atoms with van der Waals surface area (Å²) in [4.78, 5) is 0. The van der Waals surface area contributed by atoms with Crippen LogP contribution in [-0.4, -0.2) is 9.78 Å². The van der Waals surface area contributed by atoms with Crippen LogP contribution >= 0.6 is 0 Å². The Morgan fingerprint density at radius 3 is 2.63 bits per heavy atom. The molecule has 3 rings (SSSR count). The van der Waals surface area contributed by atoms with E-state index < -0.39 is 0 Å². The van der Waals surface area contributed by atoms with Gasteiger partial charge >= 0.3 is 0 Å². The zero-order chi connectivity index (χ0) is 13.2. The van der Waals surface area contributed by atoms with Crippen LogP contribution in [0.3, 0.4) is 0 Å². The number of aromatic nitrogens is 2. The Morgan fingerprint density at radius 1 is 1.16 bits per heavy atom. The quantitative estimate of drug-likeness (QED) is 0.780. The molecule has 0 aliphatic carbocycles. The van der Waals surface area contributed by atoms with Crippen LogP contribution in [0.25, 0.3) is 5.69 Å². The summed E-state index contributed by atoms with van der Waals surface area (Å²) in [6, 6.07) is 13.4. The van der Waals surface area contributed by atoms with Gasteiger partial charge in [-0.1, -0.05) is 18.2 Å². The molecular formula is C15H15N3O. The van der Waals surface area contributed by atoms with E-state index in [0.29, 0.717) is 0 Å². The lowest BCUT2D eigenvalue weighted by Gasteiger charge is -2.13. The van der Waals surface area contributed by atoms with Crippen molar-refractivity contribution in [2.75, 3.05) is 0 Å². The van der Waals surface area contributed by atoms with Crippen molar-refractivity contribution in [3.63, 3.8) is 0 Å². The highest BCUT2D eigenvalue weighted by Gasteiger charge is 2.19. The fourth-order valence-corrected chi connectivity index (χ4v) is 2.17. The van der Waals surface area contributed by atoms with Crippen molar-refractivity contribution in [2.24, 2.45) is 5.73 Å². The molecular weight excluding hydrogens is 238 g/mol. The third-order valence-corrected chi connectivity index (χ3v) is 3.18. The van der Waals surface area contributed by atoms with Gasteiger partial charge in [0.05, 0.1) is 17.6 Å². The Balaban J connectivity index is 2.04. The monoisotopic (exact) mass is 253 g/mol. The van der Waals surface area contributed by atoms with Crippen molar-refractivity contribution in [3.8, 4) is 5.69 Å². The molecule has 0 spiro atoms. The fourth-order valence-electron chi connectivity index (χ4n) is 2.17. The number of rotatable bonds is 3. The summed E-state index contributed by atoms with van der Waals surface area (Å²) in [6.07, 6.45) is 3.41. The first-order chi connectivity index (χ1) is 9.27. The van der Waals surface area contributed by atoms with E-state index in [0.717, 1.165) is 22.7 Å². The van der Waals surface area contributed by atoms with Crippen LogP contribution in [0.1, 0.15) is 23.1 Å². The minimum Gasteiger partial charge on any atom is -0.467 e. The average molecular weight is 253 g/mol. The van der Waals surface area contributed by atoms with Gasteiger partial charge in [-0.05, 0) is 36.8 Å². The maximum absolute atomic E-state index is 6.29. The maximum Gasteiger partial charge on any atom is 0.129 e. The minimum atomic E-state index is -0.322. The van der Waals surface area contributed by atoms with Gasteiger partial charge in [-0.15, -0.1) is 0 Å². The largest absolute Gasteiger partial charge is 0.467 e. The summed E-state index contributed by atoms with van der Waals surface area (Å²) in [7, 11) is 0. The number of nitrogens with zero attached hydrogens (tertiary/aromatic N) is 2. The van der Waals surface area contributed by atoms with Crippen LogP contribution in [0, 0.1) is 6.92 Å². The lowest BCUT2D eigenvalue weighted by molar-refractivity contribution is 0.479. The number of hydrogen-bond donors (Lipinski definition) is 1. The molecule has 1 unspecified atom stereocenters. The van der Waals surface area contributed by atoms with Gasteiger partial charge in [0.2, 0.25) is 0 Å². The first kappa shape index (κ1) is 11.7. The van der Waals surface area contributed by atoms with E-state index in [1.54, 1.807) is 12.5 Å². The standard InChI is InChI=1S/C15H15N3O/c1-11-8-10-19-15(11)14(16)13-7-9-17-18(13)12-5-3-2-4-6-12/h2-10,14H,16H2,1H3. The lowest BCUT2D eigenvalue weighted by Crippen LogP contribution is -2.16. The Kier molecular flexibility index (Phi) is 2.93. The second-order valence-corrected chi connectivity index (χ2v) is 4.45. The number of furan rings is 1. The molecule has 3 aromatic rings. The highest BCUT2D eigenvalue weighted by molar-refractivity contribution is 5.35. The molecule has 4 nitrogen and oxygen atoms in total. The molecule has 4 heteroatoms. The number of hydrogen-bond acceptors (Lipinski definition) is 3. The maximum atomic E-state index is 6.29. The fraction of sp³-hybridized carbons (Fsp3) is 0.133. The van der Waals surface area contributed by atoms with E-state index in [4.69, 9.17) is 10.2 Å². The second-order valence-electron chi connectivity index (χ2n) is 4.45. The van der Waals surface area contributed by atoms with Gasteiger partial charge in [0.25, 0.3) is 0 Å². The molecule has 0 saturated carbocycles. The number of aryl methyl sites for hydroxylation is 1. The number of para-hydroxylation sites is 1. The molecule has 96 valence electrons. The van der Waals surface area contributed by atoms with Gasteiger partial charge < -0.3 is 10.2 Å². The normalized spacial score (nSPS) is 12.5. The highest BCUT2D eigenvalue weighted by Crippen LogP contribution is 2.24. The zero-order valence-corrected chi connectivity index (χ0v) is 10.7. The van der Waals surface area contributed by atoms with Crippen LogP contribution in [0.2, 0.25) is 0 Å². The van der Waals surface area contributed by atoms with Crippen molar-refractivity contribution >= 4 is 0 Å². The third kappa shape index (κ3) is 2.06. The Morgan fingerprint density at radius 2 is 1.95 bits per heavy atom. The zero-order valence-electron chi connectivity index (χ0n) is 10.7.